The number of pyridine rings is 1. The van der Waals surface area contributed by atoms with E-state index in [0.717, 1.165) is 36.1 Å². The second-order valence-corrected chi connectivity index (χ2v) is 9.58. The Labute approximate surface area is 190 Å². The number of fused-ring (bicyclic) bond motifs is 1. The minimum Gasteiger partial charge on any atom is -0.348 e. The Hall–Kier alpha value is -2.73. The molecule has 6 nitrogen and oxygen atoms in total. The third-order valence-electron chi connectivity index (χ3n) is 6.72. The normalized spacial score (nSPS) is 17.2. The molecule has 1 N–H and O–H groups in total. The number of nitrogens with one attached hydrogen (secondary N) is 1. The van der Waals surface area contributed by atoms with Crippen LogP contribution in [0.25, 0.3) is 11.0 Å². The molecule has 1 aromatic carbocycles. The summed E-state index contributed by atoms with van der Waals surface area (Å²) in [7, 11) is 0. The molecule has 32 heavy (non-hydrogen) atoms. The van der Waals surface area contributed by atoms with Gasteiger partial charge in [-0.15, -0.1) is 0 Å². The van der Waals surface area contributed by atoms with Gasteiger partial charge in [-0.3, -0.25) is 9.69 Å². The van der Waals surface area contributed by atoms with Gasteiger partial charge < -0.3 is 5.32 Å². The van der Waals surface area contributed by atoms with Crippen LogP contribution in [-0.4, -0.2) is 38.7 Å². The number of benzene rings is 1. The van der Waals surface area contributed by atoms with E-state index >= 15 is 0 Å². The maximum absolute atomic E-state index is 13.3. The van der Waals surface area contributed by atoms with Crippen molar-refractivity contribution in [1.29, 1.82) is 0 Å². The third-order valence-corrected chi connectivity index (χ3v) is 6.72. The highest BCUT2D eigenvalue weighted by molar-refractivity contribution is 6.05. The molecule has 1 saturated carbocycles. The number of aromatic nitrogens is 3. The van der Waals surface area contributed by atoms with Crippen LogP contribution < -0.4 is 5.32 Å². The predicted molar refractivity (Wildman–Crippen MR) is 127 cm³/mol. The number of piperidine rings is 1. The molecule has 1 saturated heterocycles. The van der Waals surface area contributed by atoms with Crippen LogP contribution in [0.4, 0.5) is 0 Å². The summed E-state index contributed by atoms with van der Waals surface area (Å²) in [5.41, 5.74) is 5.03. The minimum absolute atomic E-state index is 0.0459. The van der Waals surface area contributed by atoms with Crippen LogP contribution in [0.1, 0.15) is 85.1 Å². The van der Waals surface area contributed by atoms with E-state index in [1.54, 1.807) is 6.20 Å². The van der Waals surface area contributed by atoms with Crippen molar-refractivity contribution in [1.82, 2.24) is 25.0 Å². The second-order valence-electron chi connectivity index (χ2n) is 9.58. The number of rotatable bonds is 7. The van der Waals surface area contributed by atoms with Gasteiger partial charge in [0.15, 0.2) is 5.65 Å². The van der Waals surface area contributed by atoms with Crippen molar-refractivity contribution in [3.05, 3.63) is 58.9 Å². The van der Waals surface area contributed by atoms with E-state index in [2.05, 4.69) is 53.4 Å². The minimum atomic E-state index is -0.0459. The zero-order chi connectivity index (χ0) is 22.1. The molecule has 0 radical (unpaired) electrons. The summed E-state index contributed by atoms with van der Waals surface area (Å²) >= 11 is 0. The van der Waals surface area contributed by atoms with Crippen LogP contribution in [0.2, 0.25) is 0 Å². The summed E-state index contributed by atoms with van der Waals surface area (Å²) in [6, 6.07) is 10.7. The highest BCUT2D eigenvalue weighted by Crippen LogP contribution is 2.40. The van der Waals surface area contributed by atoms with E-state index in [1.165, 1.54) is 43.5 Å². The fraction of sp³-hybridized carbons (Fsp3) is 0.500. The number of amides is 1. The molecule has 0 atom stereocenters. The van der Waals surface area contributed by atoms with Crippen molar-refractivity contribution in [2.24, 2.45) is 0 Å². The summed E-state index contributed by atoms with van der Waals surface area (Å²) < 4.78 is 1.92. The second kappa shape index (κ2) is 9.02. The van der Waals surface area contributed by atoms with Gasteiger partial charge >= 0.3 is 0 Å². The lowest BCUT2D eigenvalue weighted by Gasteiger charge is -2.27. The number of likely N-dealkylation sites (tertiary alicyclic amines) is 1. The van der Waals surface area contributed by atoms with Crippen molar-refractivity contribution in [2.75, 3.05) is 13.1 Å². The maximum Gasteiger partial charge on any atom is 0.252 e. The van der Waals surface area contributed by atoms with E-state index in [-0.39, 0.29) is 11.9 Å². The maximum atomic E-state index is 13.3. The first-order valence-corrected chi connectivity index (χ1v) is 12.1. The van der Waals surface area contributed by atoms with E-state index in [9.17, 15) is 4.79 Å². The van der Waals surface area contributed by atoms with Gasteiger partial charge in [-0.05, 0) is 69.8 Å². The summed E-state index contributed by atoms with van der Waals surface area (Å²) in [6.07, 6.45) is 8.00. The Morgan fingerprint density at radius 3 is 2.59 bits per heavy atom. The van der Waals surface area contributed by atoms with Crippen molar-refractivity contribution < 1.29 is 4.79 Å². The molecule has 0 unspecified atom stereocenters. The summed E-state index contributed by atoms with van der Waals surface area (Å²) in [5.74, 6) is 0.433. The summed E-state index contributed by atoms with van der Waals surface area (Å²) in [4.78, 5) is 20.7. The van der Waals surface area contributed by atoms with E-state index in [0.29, 0.717) is 18.0 Å². The van der Waals surface area contributed by atoms with Gasteiger partial charge in [-0.1, -0.05) is 30.7 Å². The fourth-order valence-corrected chi connectivity index (χ4v) is 4.70. The quantitative estimate of drug-likeness (QED) is 0.583. The number of hydrogen-bond donors (Lipinski definition) is 1. The Kier molecular flexibility index (Phi) is 5.96. The van der Waals surface area contributed by atoms with Crippen LogP contribution in [0.5, 0.6) is 0 Å². The van der Waals surface area contributed by atoms with Gasteiger partial charge in [-0.25, -0.2) is 9.67 Å². The molecule has 6 heteroatoms. The molecule has 1 aliphatic carbocycles. The molecule has 168 valence electrons. The van der Waals surface area contributed by atoms with Gasteiger partial charge in [0.05, 0.1) is 17.1 Å². The smallest absolute Gasteiger partial charge is 0.252 e. The topological polar surface area (TPSA) is 63.1 Å². The zero-order valence-electron chi connectivity index (χ0n) is 19.2. The van der Waals surface area contributed by atoms with Crippen LogP contribution >= 0.6 is 0 Å². The Balaban J connectivity index is 1.37. The lowest BCUT2D eigenvalue weighted by molar-refractivity contribution is 0.0952. The van der Waals surface area contributed by atoms with E-state index in [4.69, 9.17) is 4.98 Å². The lowest BCUT2D eigenvalue weighted by Crippen LogP contribution is -2.30. The van der Waals surface area contributed by atoms with Gasteiger partial charge in [0, 0.05) is 30.7 Å². The Bertz CT molecular complexity index is 1110. The molecule has 2 aliphatic rings. The number of nitrogens with zero attached hydrogens (tertiary/aromatic N) is 4. The zero-order valence-corrected chi connectivity index (χ0v) is 19.2. The van der Waals surface area contributed by atoms with Gasteiger partial charge in [0.2, 0.25) is 0 Å². The first kappa shape index (κ1) is 21.1. The predicted octanol–water partition coefficient (Wildman–Crippen LogP) is 4.81. The van der Waals surface area contributed by atoms with Crippen molar-refractivity contribution in [3.63, 3.8) is 0 Å². The monoisotopic (exact) mass is 431 g/mol. The molecule has 2 fully saturated rings. The standard InChI is InChI=1S/C26H33N5O/c1-18(2)31-25-23(16-28-31)22(14-24(29-25)19-10-11-19)26(32)27-15-20-8-4-5-9-21(20)17-30-12-6-3-7-13-30/h4-5,8-9,14,16,18-19H,3,6-7,10-13,15,17H2,1-2H3,(H,27,32). The van der Waals surface area contributed by atoms with Crippen molar-refractivity contribution in [3.8, 4) is 0 Å². The lowest BCUT2D eigenvalue weighted by atomic mass is 10.0. The Morgan fingerprint density at radius 1 is 1.12 bits per heavy atom. The van der Waals surface area contributed by atoms with Crippen molar-refractivity contribution in [2.45, 2.75) is 71.0 Å². The first-order chi connectivity index (χ1) is 15.6. The molecule has 3 heterocycles. The third kappa shape index (κ3) is 4.42. The highest BCUT2D eigenvalue weighted by atomic mass is 16.1. The highest BCUT2D eigenvalue weighted by Gasteiger charge is 2.28. The molecular formula is C26H33N5O. The van der Waals surface area contributed by atoms with Gasteiger partial charge in [-0.2, -0.15) is 5.10 Å². The van der Waals surface area contributed by atoms with E-state index in [1.807, 2.05) is 10.7 Å². The van der Waals surface area contributed by atoms with Crippen LogP contribution in [0.3, 0.4) is 0 Å². The number of hydrogen-bond acceptors (Lipinski definition) is 4. The molecule has 5 rings (SSSR count). The Morgan fingerprint density at radius 2 is 1.88 bits per heavy atom. The largest absolute Gasteiger partial charge is 0.348 e. The summed E-state index contributed by atoms with van der Waals surface area (Å²) in [6.45, 7) is 8.01. The molecule has 1 amide bonds. The van der Waals surface area contributed by atoms with Crippen LogP contribution in [0.15, 0.2) is 36.5 Å². The van der Waals surface area contributed by atoms with Crippen molar-refractivity contribution >= 4 is 16.9 Å². The van der Waals surface area contributed by atoms with Crippen LogP contribution in [0, 0.1) is 0 Å². The molecule has 2 aromatic heterocycles. The SMILES string of the molecule is CC(C)n1ncc2c(C(=O)NCc3ccccc3CN3CCCCC3)cc(C3CC3)nc21. The molecule has 0 spiro atoms. The molecule has 3 aromatic rings. The fourth-order valence-electron chi connectivity index (χ4n) is 4.70. The summed E-state index contributed by atoms with van der Waals surface area (Å²) in [5, 5.41) is 8.55. The number of carbonyl (C=O) groups excluding carboxylic acids is 1. The molecule has 1 aliphatic heterocycles. The number of carbonyl (C=O) groups is 1. The molecular weight excluding hydrogens is 398 g/mol. The van der Waals surface area contributed by atoms with Crippen LogP contribution in [-0.2, 0) is 13.1 Å². The van der Waals surface area contributed by atoms with Gasteiger partial charge in [0.25, 0.3) is 5.91 Å². The average Bonchev–Trinajstić information content (AvgIpc) is 3.57. The molecule has 0 bridgehead atoms. The van der Waals surface area contributed by atoms with Gasteiger partial charge in [0.1, 0.15) is 0 Å². The first-order valence-electron chi connectivity index (χ1n) is 12.1. The average molecular weight is 432 g/mol. The van der Waals surface area contributed by atoms with E-state index < -0.39 is 0 Å².